The van der Waals surface area contributed by atoms with Crippen molar-refractivity contribution < 1.29 is 22.3 Å². The van der Waals surface area contributed by atoms with Gasteiger partial charge in [0.2, 0.25) is 0 Å². The predicted molar refractivity (Wildman–Crippen MR) is 117 cm³/mol. The van der Waals surface area contributed by atoms with E-state index in [0.29, 0.717) is 11.1 Å². The minimum Gasteiger partial charge on any atom is -0.505 e. The van der Waals surface area contributed by atoms with Gasteiger partial charge in [-0.25, -0.2) is 13.8 Å². The molecule has 0 radical (unpaired) electrons. The molecule has 0 unspecified atom stereocenters. The zero-order chi connectivity index (χ0) is 22.6. The molecule has 160 valence electrons. The molecule has 1 aliphatic heterocycles. The highest BCUT2D eigenvalue weighted by Crippen LogP contribution is 2.39. The molecule has 0 fully saturated rings. The molecule has 3 aromatic carbocycles. The van der Waals surface area contributed by atoms with Gasteiger partial charge < -0.3 is 5.11 Å². The fourth-order valence-corrected chi connectivity index (χ4v) is 5.52. The quantitative estimate of drug-likeness (QED) is 0.457. The lowest BCUT2D eigenvalue weighted by molar-refractivity contribution is 0.477. The van der Waals surface area contributed by atoms with Crippen molar-refractivity contribution in [2.75, 3.05) is 0 Å². The van der Waals surface area contributed by atoms with Crippen LogP contribution in [0.15, 0.2) is 70.0 Å². The average Bonchev–Trinajstić information content (AvgIpc) is 3.03. The monoisotopic (exact) mass is 470 g/mol. The molecule has 1 N–H and O–H groups in total. The summed E-state index contributed by atoms with van der Waals surface area (Å²) in [5.74, 6) is -1.37. The molecule has 32 heavy (non-hydrogen) atoms. The number of hydrogen-bond donors (Lipinski definition) is 1. The molecule has 0 amide bonds. The number of aromatic nitrogens is 1. The molecule has 5 nitrogen and oxygen atoms in total. The van der Waals surface area contributed by atoms with Gasteiger partial charge in [0.25, 0.3) is 10.0 Å². The highest BCUT2D eigenvalue weighted by molar-refractivity contribution is 7.91. The van der Waals surface area contributed by atoms with E-state index in [0.717, 1.165) is 11.6 Å². The van der Waals surface area contributed by atoms with Crippen LogP contribution in [-0.2, 0) is 16.4 Å². The summed E-state index contributed by atoms with van der Waals surface area (Å²) < 4.78 is 56.4. The Morgan fingerprint density at radius 3 is 2.41 bits per heavy atom. The van der Waals surface area contributed by atoms with Crippen molar-refractivity contribution in [2.24, 2.45) is 4.40 Å². The standard InChI is InChI=1S/C23H13ClF2N2O3S/c24-18-3-1-2-16-20(28-32(30,31)23(16)18)21-22(29)17-11-14(26)8-9-15(17)19(27-21)10-12-4-6-13(25)7-5-12/h1-9,11,29H,10H2. The maximum Gasteiger partial charge on any atom is 0.285 e. The van der Waals surface area contributed by atoms with Crippen molar-refractivity contribution in [3.8, 4) is 5.75 Å². The third-order valence-corrected chi connectivity index (χ3v) is 7.03. The maximum absolute atomic E-state index is 14.0. The Balaban J connectivity index is 1.77. The van der Waals surface area contributed by atoms with Crippen LogP contribution in [0.2, 0.25) is 5.02 Å². The van der Waals surface area contributed by atoms with Crippen LogP contribution in [0.5, 0.6) is 5.75 Å². The summed E-state index contributed by atoms with van der Waals surface area (Å²) in [6, 6.07) is 14.2. The van der Waals surface area contributed by atoms with E-state index < -0.39 is 21.6 Å². The first-order valence-electron chi connectivity index (χ1n) is 9.44. The van der Waals surface area contributed by atoms with Crippen molar-refractivity contribution in [2.45, 2.75) is 11.3 Å². The maximum atomic E-state index is 14.0. The molecule has 0 aliphatic carbocycles. The number of fused-ring (bicyclic) bond motifs is 2. The Morgan fingerprint density at radius 2 is 1.66 bits per heavy atom. The van der Waals surface area contributed by atoms with Gasteiger partial charge in [0, 0.05) is 22.8 Å². The van der Waals surface area contributed by atoms with Crippen LogP contribution >= 0.6 is 11.6 Å². The molecular weight excluding hydrogens is 458 g/mol. The fourth-order valence-electron chi connectivity index (χ4n) is 3.78. The van der Waals surface area contributed by atoms with E-state index in [-0.39, 0.29) is 44.5 Å². The first-order chi connectivity index (χ1) is 15.2. The molecule has 4 aromatic rings. The van der Waals surface area contributed by atoms with Crippen LogP contribution in [0.1, 0.15) is 22.5 Å². The Morgan fingerprint density at radius 1 is 0.938 bits per heavy atom. The summed E-state index contributed by atoms with van der Waals surface area (Å²) in [5, 5.41) is 11.6. The lowest BCUT2D eigenvalue weighted by atomic mass is 9.98. The van der Waals surface area contributed by atoms with Crippen LogP contribution in [0.4, 0.5) is 8.78 Å². The Kier molecular flexibility index (Phi) is 4.72. The topological polar surface area (TPSA) is 79.6 Å². The second-order valence-electron chi connectivity index (χ2n) is 7.28. The molecule has 5 rings (SSSR count). The summed E-state index contributed by atoms with van der Waals surface area (Å²) in [7, 11) is -4.10. The number of aromatic hydroxyl groups is 1. The fraction of sp³-hybridized carbons (Fsp3) is 0.0435. The van der Waals surface area contributed by atoms with Gasteiger partial charge in [-0.2, -0.15) is 12.8 Å². The summed E-state index contributed by atoms with van der Waals surface area (Å²) in [6.07, 6.45) is 0.234. The van der Waals surface area contributed by atoms with Gasteiger partial charge >= 0.3 is 0 Å². The summed E-state index contributed by atoms with van der Waals surface area (Å²) in [5.41, 5.74) is 1.18. The lowest BCUT2D eigenvalue weighted by Gasteiger charge is -2.13. The second-order valence-corrected chi connectivity index (χ2v) is 9.23. The Hall–Kier alpha value is -3.36. The van der Waals surface area contributed by atoms with Crippen LogP contribution in [-0.4, -0.2) is 24.2 Å². The highest BCUT2D eigenvalue weighted by atomic mass is 35.5. The van der Waals surface area contributed by atoms with E-state index in [1.54, 1.807) is 18.2 Å². The number of nitrogens with zero attached hydrogens (tertiary/aromatic N) is 2. The minimum atomic E-state index is -4.10. The van der Waals surface area contributed by atoms with Crippen molar-refractivity contribution >= 4 is 38.1 Å². The zero-order valence-corrected chi connectivity index (χ0v) is 17.8. The van der Waals surface area contributed by atoms with Gasteiger partial charge in [-0.05, 0) is 42.0 Å². The van der Waals surface area contributed by atoms with Crippen molar-refractivity contribution in [1.29, 1.82) is 0 Å². The number of halogens is 3. The molecule has 9 heteroatoms. The van der Waals surface area contributed by atoms with Gasteiger partial charge in [0.05, 0.1) is 10.7 Å². The van der Waals surface area contributed by atoms with Crippen molar-refractivity contribution in [1.82, 2.24) is 4.98 Å². The molecule has 2 heterocycles. The normalized spacial score (nSPS) is 14.4. The van der Waals surface area contributed by atoms with E-state index in [2.05, 4.69) is 9.38 Å². The number of hydrogen-bond acceptors (Lipinski definition) is 4. The SMILES string of the molecule is O=S1(=O)N=C(c2nc(Cc3ccc(F)cc3)c3ccc(F)cc3c2O)c2cccc(Cl)c21. The van der Waals surface area contributed by atoms with Crippen LogP contribution in [0.3, 0.4) is 0 Å². The van der Waals surface area contributed by atoms with E-state index in [1.165, 1.54) is 36.4 Å². The first kappa shape index (κ1) is 20.5. The van der Waals surface area contributed by atoms with E-state index in [1.807, 2.05) is 0 Å². The summed E-state index contributed by atoms with van der Waals surface area (Å²) in [4.78, 5) is 4.35. The third-order valence-electron chi connectivity index (χ3n) is 5.22. The Labute approximate surface area is 186 Å². The number of rotatable bonds is 3. The second kappa shape index (κ2) is 7.36. The molecule has 1 aromatic heterocycles. The molecule has 0 saturated heterocycles. The van der Waals surface area contributed by atoms with Gasteiger partial charge in [-0.1, -0.05) is 35.9 Å². The number of benzene rings is 3. The largest absolute Gasteiger partial charge is 0.505 e. The van der Waals surface area contributed by atoms with Gasteiger partial charge in [-0.15, -0.1) is 0 Å². The van der Waals surface area contributed by atoms with E-state index in [9.17, 15) is 22.3 Å². The molecule has 0 spiro atoms. The zero-order valence-electron chi connectivity index (χ0n) is 16.2. The van der Waals surface area contributed by atoms with Crippen LogP contribution in [0.25, 0.3) is 10.8 Å². The smallest absolute Gasteiger partial charge is 0.285 e. The molecular formula is C23H13ClF2N2O3S. The van der Waals surface area contributed by atoms with E-state index >= 15 is 0 Å². The Bertz CT molecular complexity index is 1550. The average molecular weight is 471 g/mol. The minimum absolute atomic E-state index is 0.000825. The number of pyridine rings is 1. The van der Waals surface area contributed by atoms with Crippen LogP contribution < -0.4 is 0 Å². The molecule has 1 aliphatic rings. The molecule has 0 bridgehead atoms. The van der Waals surface area contributed by atoms with E-state index in [4.69, 9.17) is 11.6 Å². The predicted octanol–water partition coefficient (Wildman–Crippen LogP) is 5.00. The van der Waals surface area contributed by atoms with Crippen LogP contribution in [0, 0.1) is 11.6 Å². The van der Waals surface area contributed by atoms with Crippen molar-refractivity contribution in [3.63, 3.8) is 0 Å². The van der Waals surface area contributed by atoms with Gasteiger partial charge in [-0.3, -0.25) is 0 Å². The van der Waals surface area contributed by atoms with Gasteiger partial charge in [0.15, 0.2) is 5.75 Å². The number of sulfonamides is 1. The summed E-state index contributed by atoms with van der Waals surface area (Å²) >= 11 is 6.10. The summed E-state index contributed by atoms with van der Waals surface area (Å²) in [6.45, 7) is 0. The first-order valence-corrected chi connectivity index (χ1v) is 11.3. The van der Waals surface area contributed by atoms with Crippen molar-refractivity contribution in [3.05, 3.63) is 99.8 Å². The molecule has 0 saturated carbocycles. The van der Waals surface area contributed by atoms with Gasteiger partial charge in [0.1, 0.15) is 27.9 Å². The molecule has 0 atom stereocenters. The lowest BCUT2D eigenvalue weighted by Crippen LogP contribution is -2.08. The third kappa shape index (κ3) is 3.32. The highest BCUT2D eigenvalue weighted by Gasteiger charge is 2.34.